The lowest BCUT2D eigenvalue weighted by atomic mass is 10.00. The molecule has 1 aliphatic rings. The van der Waals surface area contributed by atoms with Crippen molar-refractivity contribution in [3.63, 3.8) is 0 Å². The molecule has 2 aromatic heterocycles. The molecule has 1 saturated heterocycles. The van der Waals surface area contributed by atoms with Crippen LogP contribution < -0.4 is 0 Å². The molecule has 0 unspecified atom stereocenters. The molecule has 0 atom stereocenters. The molecule has 2 N–H and O–H groups in total. The van der Waals surface area contributed by atoms with Gasteiger partial charge in [0.05, 0.1) is 29.4 Å². The highest BCUT2D eigenvalue weighted by Crippen LogP contribution is 2.37. The van der Waals surface area contributed by atoms with E-state index in [2.05, 4.69) is 20.8 Å². The second-order valence-corrected chi connectivity index (χ2v) is 7.80. The topological polar surface area (TPSA) is 87.0 Å². The third-order valence-corrected chi connectivity index (χ3v) is 5.97. The van der Waals surface area contributed by atoms with Crippen LogP contribution in [0.25, 0.3) is 33.4 Å². The molecule has 7 nitrogen and oxygen atoms in total. The molecule has 1 aliphatic heterocycles. The Kier molecular flexibility index (Phi) is 4.99. The SMILES string of the molecule is O=C(CO)N1CCC(n2cnc(-c3ccc(F)cc3)c2-c2ccc3[nH]ncc3c2)CC1. The van der Waals surface area contributed by atoms with Crippen LogP contribution in [0.2, 0.25) is 0 Å². The number of H-pyrrole nitrogens is 1. The van der Waals surface area contributed by atoms with Crippen LogP contribution in [0.5, 0.6) is 0 Å². The van der Waals surface area contributed by atoms with Gasteiger partial charge < -0.3 is 14.6 Å². The number of imidazole rings is 1. The van der Waals surface area contributed by atoms with Gasteiger partial charge in [-0.25, -0.2) is 9.37 Å². The molecule has 0 aliphatic carbocycles. The van der Waals surface area contributed by atoms with Crippen molar-refractivity contribution in [2.75, 3.05) is 19.7 Å². The van der Waals surface area contributed by atoms with E-state index in [4.69, 9.17) is 10.1 Å². The Morgan fingerprint density at radius 1 is 1.13 bits per heavy atom. The fourth-order valence-corrected chi connectivity index (χ4v) is 4.33. The van der Waals surface area contributed by atoms with E-state index in [0.717, 1.165) is 46.3 Å². The number of nitrogens with zero attached hydrogens (tertiary/aromatic N) is 4. The van der Waals surface area contributed by atoms with E-state index in [1.165, 1.54) is 12.1 Å². The van der Waals surface area contributed by atoms with Crippen LogP contribution in [-0.4, -0.2) is 55.4 Å². The van der Waals surface area contributed by atoms with Gasteiger partial charge in [0, 0.05) is 35.6 Å². The van der Waals surface area contributed by atoms with Crippen molar-refractivity contribution in [2.24, 2.45) is 0 Å². The summed E-state index contributed by atoms with van der Waals surface area (Å²) in [6.45, 7) is 0.725. The number of aromatic nitrogens is 4. The van der Waals surface area contributed by atoms with Gasteiger partial charge in [-0.3, -0.25) is 9.89 Å². The van der Waals surface area contributed by atoms with Gasteiger partial charge in [0.15, 0.2) is 0 Å². The lowest BCUT2D eigenvalue weighted by Crippen LogP contribution is -2.40. The maximum absolute atomic E-state index is 13.5. The van der Waals surface area contributed by atoms with Crippen molar-refractivity contribution in [1.29, 1.82) is 0 Å². The first-order chi connectivity index (χ1) is 15.1. The van der Waals surface area contributed by atoms with Crippen LogP contribution in [0.3, 0.4) is 0 Å². The number of carbonyl (C=O) groups excluding carboxylic acids is 1. The Labute approximate surface area is 178 Å². The molecule has 0 spiro atoms. The predicted octanol–water partition coefficient (Wildman–Crippen LogP) is 3.39. The Bertz CT molecular complexity index is 1220. The summed E-state index contributed by atoms with van der Waals surface area (Å²) < 4.78 is 15.7. The predicted molar refractivity (Wildman–Crippen MR) is 115 cm³/mol. The molecule has 1 amide bonds. The maximum Gasteiger partial charge on any atom is 0.248 e. The largest absolute Gasteiger partial charge is 0.387 e. The number of rotatable bonds is 4. The van der Waals surface area contributed by atoms with Crippen LogP contribution >= 0.6 is 0 Å². The molecule has 0 radical (unpaired) electrons. The van der Waals surface area contributed by atoms with E-state index in [9.17, 15) is 9.18 Å². The average Bonchev–Trinajstić information content (AvgIpc) is 3.46. The number of piperidine rings is 1. The highest BCUT2D eigenvalue weighted by atomic mass is 19.1. The quantitative estimate of drug-likeness (QED) is 0.531. The van der Waals surface area contributed by atoms with Gasteiger partial charge in [0.2, 0.25) is 5.91 Å². The van der Waals surface area contributed by atoms with Crippen molar-refractivity contribution < 1.29 is 14.3 Å². The smallest absolute Gasteiger partial charge is 0.248 e. The average molecular weight is 419 g/mol. The summed E-state index contributed by atoms with van der Waals surface area (Å²) in [7, 11) is 0. The lowest BCUT2D eigenvalue weighted by Gasteiger charge is -2.33. The first kappa shape index (κ1) is 19.4. The number of aliphatic hydroxyl groups excluding tert-OH is 1. The van der Waals surface area contributed by atoms with Gasteiger partial charge in [-0.1, -0.05) is 6.07 Å². The van der Waals surface area contributed by atoms with E-state index < -0.39 is 6.61 Å². The molecule has 31 heavy (non-hydrogen) atoms. The Hall–Kier alpha value is -3.52. The van der Waals surface area contributed by atoms with Gasteiger partial charge in [-0.05, 0) is 49.2 Å². The van der Waals surface area contributed by atoms with Crippen LogP contribution in [0.15, 0.2) is 55.0 Å². The monoisotopic (exact) mass is 419 g/mol. The zero-order chi connectivity index (χ0) is 21.4. The first-order valence-electron chi connectivity index (χ1n) is 10.3. The maximum atomic E-state index is 13.5. The summed E-state index contributed by atoms with van der Waals surface area (Å²) in [5.41, 5.74) is 4.54. The Balaban J connectivity index is 1.57. The number of halogens is 1. The second-order valence-electron chi connectivity index (χ2n) is 7.80. The number of nitrogens with one attached hydrogen (secondary N) is 1. The summed E-state index contributed by atoms with van der Waals surface area (Å²) in [6, 6.07) is 12.6. The van der Waals surface area contributed by atoms with Crippen LogP contribution in [0.1, 0.15) is 18.9 Å². The van der Waals surface area contributed by atoms with Gasteiger partial charge in [-0.2, -0.15) is 5.10 Å². The molecular formula is C23H22FN5O2. The number of hydrogen-bond donors (Lipinski definition) is 2. The molecule has 3 heterocycles. The summed E-state index contributed by atoms with van der Waals surface area (Å²) in [6.07, 6.45) is 5.16. The highest BCUT2D eigenvalue weighted by molar-refractivity contribution is 5.87. The third kappa shape index (κ3) is 3.59. The summed E-state index contributed by atoms with van der Waals surface area (Å²) in [4.78, 5) is 18.2. The third-order valence-electron chi connectivity index (χ3n) is 5.97. The number of hydrogen-bond acceptors (Lipinski definition) is 4. The van der Waals surface area contributed by atoms with Crippen molar-refractivity contribution in [1.82, 2.24) is 24.6 Å². The number of aromatic amines is 1. The fourth-order valence-electron chi connectivity index (χ4n) is 4.33. The second kappa shape index (κ2) is 7.96. The van der Waals surface area contributed by atoms with E-state index in [-0.39, 0.29) is 17.8 Å². The molecule has 0 saturated carbocycles. The minimum absolute atomic E-state index is 0.166. The molecule has 5 rings (SSSR count). The zero-order valence-corrected chi connectivity index (χ0v) is 16.8. The molecule has 2 aromatic carbocycles. The molecule has 4 aromatic rings. The van der Waals surface area contributed by atoms with Crippen LogP contribution in [0.4, 0.5) is 4.39 Å². The van der Waals surface area contributed by atoms with Crippen molar-refractivity contribution in [3.05, 3.63) is 60.8 Å². The van der Waals surface area contributed by atoms with Crippen LogP contribution in [-0.2, 0) is 4.79 Å². The number of amides is 1. The Morgan fingerprint density at radius 2 is 1.87 bits per heavy atom. The van der Waals surface area contributed by atoms with E-state index >= 15 is 0 Å². The van der Waals surface area contributed by atoms with Gasteiger partial charge in [0.1, 0.15) is 12.4 Å². The number of carbonyl (C=O) groups is 1. The van der Waals surface area contributed by atoms with Gasteiger partial charge >= 0.3 is 0 Å². The Morgan fingerprint density at radius 3 is 2.61 bits per heavy atom. The number of benzene rings is 2. The van der Waals surface area contributed by atoms with Crippen LogP contribution in [0, 0.1) is 5.82 Å². The van der Waals surface area contributed by atoms with Crippen molar-refractivity contribution >= 4 is 16.8 Å². The van der Waals surface area contributed by atoms with Crippen molar-refractivity contribution in [3.8, 4) is 22.5 Å². The summed E-state index contributed by atoms with van der Waals surface area (Å²) >= 11 is 0. The van der Waals surface area contributed by atoms with Gasteiger partial charge in [0.25, 0.3) is 0 Å². The molecular weight excluding hydrogens is 397 g/mol. The number of aliphatic hydroxyl groups is 1. The molecule has 158 valence electrons. The fraction of sp³-hybridized carbons (Fsp3) is 0.261. The van der Waals surface area contributed by atoms with E-state index in [1.807, 2.05) is 18.5 Å². The minimum Gasteiger partial charge on any atom is -0.387 e. The highest BCUT2D eigenvalue weighted by Gasteiger charge is 2.27. The van der Waals surface area contributed by atoms with E-state index in [0.29, 0.717) is 13.1 Å². The van der Waals surface area contributed by atoms with Gasteiger partial charge in [-0.15, -0.1) is 0 Å². The molecule has 8 heteroatoms. The number of likely N-dealkylation sites (tertiary alicyclic amines) is 1. The first-order valence-corrected chi connectivity index (χ1v) is 10.3. The van der Waals surface area contributed by atoms with Crippen molar-refractivity contribution in [2.45, 2.75) is 18.9 Å². The summed E-state index contributed by atoms with van der Waals surface area (Å²) in [5, 5.41) is 17.2. The molecule has 0 bridgehead atoms. The standard InChI is InChI=1S/C23H22FN5O2/c24-18-4-1-15(2-5-18)22-23(16-3-6-20-17(11-16)12-26-27-20)29(14-25-22)19-7-9-28(10-8-19)21(31)13-30/h1-6,11-12,14,19,30H,7-10,13H2,(H,26,27). The summed E-state index contributed by atoms with van der Waals surface area (Å²) in [5.74, 6) is -0.521. The van der Waals surface area contributed by atoms with E-state index in [1.54, 1.807) is 23.2 Å². The minimum atomic E-state index is -0.458. The zero-order valence-electron chi connectivity index (χ0n) is 16.8. The lowest BCUT2D eigenvalue weighted by molar-refractivity contribution is -0.135. The number of fused-ring (bicyclic) bond motifs is 1. The normalized spacial score (nSPS) is 15.0. The molecule has 1 fully saturated rings.